The van der Waals surface area contributed by atoms with Gasteiger partial charge in [0, 0.05) is 21.1 Å². The summed E-state index contributed by atoms with van der Waals surface area (Å²) >= 11 is 0. The number of nitrogens with zero attached hydrogens (tertiary/aromatic N) is 2. The number of carbonyl (C=O) groups is 1. The van der Waals surface area contributed by atoms with Crippen molar-refractivity contribution in [1.29, 1.82) is 0 Å². The SMILES string of the molecule is CN(C)C(=O)CN(C)S(=O)(=O)C1CS(=O)(=O)c2ccccc21. The molecule has 1 aromatic carbocycles. The Hall–Kier alpha value is -1.45. The van der Waals surface area contributed by atoms with Gasteiger partial charge in [0.1, 0.15) is 5.25 Å². The first kappa shape index (κ1) is 16.9. The van der Waals surface area contributed by atoms with Gasteiger partial charge in [0.15, 0.2) is 9.84 Å². The molecule has 0 fully saturated rings. The van der Waals surface area contributed by atoms with E-state index in [2.05, 4.69) is 0 Å². The molecular weight excluding hydrogens is 328 g/mol. The van der Waals surface area contributed by atoms with E-state index in [0.717, 1.165) is 4.31 Å². The van der Waals surface area contributed by atoms with Crippen molar-refractivity contribution in [3.63, 3.8) is 0 Å². The summed E-state index contributed by atoms with van der Waals surface area (Å²) in [6.07, 6.45) is 0. The molecule has 0 spiro atoms. The molecule has 7 nitrogen and oxygen atoms in total. The fraction of sp³-hybridized carbons (Fsp3) is 0.462. The van der Waals surface area contributed by atoms with Gasteiger partial charge in [-0.15, -0.1) is 0 Å². The Morgan fingerprint density at radius 1 is 1.23 bits per heavy atom. The first-order valence-corrected chi connectivity index (χ1v) is 9.70. The summed E-state index contributed by atoms with van der Waals surface area (Å²) in [5, 5.41) is -1.17. The van der Waals surface area contributed by atoms with Crippen LogP contribution in [0.5, 0.6) is 0 Å². The van der Waals surface area contributed by atoms with Gasteiger partial charge < -0.3 is 4.90 Å². The van der Waals surface area contributed by atoms with Crippen molar-refractivity contribution in [3.05, 3.63) is 29.8 Å². The fourth-order valence-corrected chi connectivity index (χ4v) is 6.46. The molecule has 0 bridgehead atoms. The molecule has 1 aliphatic heterocycles. The molecule has 1 atom stereocenters. The first-order chi connectivity index (χ1) is 10.1. The van der Waals surface area contributed by atoms with E-state index >= 15 is 0 Å². The Balaban J connectivity index is 2.38. The molecule has 0 aliphatic carbocycles. The highest BCUT2D eigenvalue weighted by Gasteiger charge is 2.44. The molecule has 9 heteroatoms. The molecule has 0 aromatic heterocycles. The molecule has 1 aromatic rings. The van der Waals surface area contributed by atoms with Crippen LogP contribution in [0.3, 0.4) is 0 Å². The van der Waals surface area contributed by atoms with E-state index in [9.17, 15) is 21.6 Å². The van der Waals surface area contributed by atoms with Crippen molar-refractivity contribution in [2.24, 2.45) is 0 Å². The van der Waals surface area contributed by atoms with Crippen LogP contribution in [0.4, 0.5) is 0 Å². The number of carbonyl (C=O) groups excluding carboxylic acids is 1. The van der Waals surface area contributed by atoms with Gasteiger partial charge in [0.2, 0.25) is 15.9 Å². The number of likely N-dealkylation sites (N-methyl/N-ethyl adjacent to an activating group) is 2. The van der Waals surface area contributed by atoms with E-state index in [0.29, 0.717) is 0 Å². The highest BCUT2D eigenvalue weighted by Crippen LogP contribution is 2.39. The number of rotatable bonds is 4. The lowest BCUT2D eigenvalue weighted by Gasteiger charge is -2.22. The highest BCUT2D eigenvalue weighted by atomic mass is 32.2. The molecule has 0 N–H and O–H groups in total. The van der Waals surface area contributed by atoms with Crippen LogP contribution in [0.1, 0.15) is 10.8 Å². The van der Waals surface area contributed by atoms with E-state index in [-0.39, 0.29) is 22.9 Å². The van der Waals surface area contributed by atoms with Crippen LogP contribution in [0.25, 0.3) is 0 Å². The lowest BCUT2D eigenvalue weighted by atomic mass is 10.2. The normalized spacial score (nSPS) is 19.9. The number of amides is 1. The topological polar surface area (TPSA) is 91.8 Å². The zero-order chi connectivity index (χ0) is 16.7. The molecule has 0 saturated carbocycles. The minimum absolute atomic E-state index is 0.0518. The number of sulfone groups is 1. The maximum absolute atomic E-state index is 12.6. The average Bonchev–Trinajstić information content (AvgIpc) is 2.71. The van der Waals surface area contributed by atoms with Gasteiger partial charge in [-0.2, -0.15) is 4.31 Å². The molecule has 2 rings (SSSR count). The summed E-state index contributed by atoms with van der Waals surface area (Å²) in [5.74, 6) is -0.866. The zero-order valence-electron chi connectivity index (χ0n) is 12.6. The Labute approximate surface area is 130 Å². The van der Waals surface area contributed by atoms with Gasteiger partial charge in [-0.05, 0) is 11.6 Å². The van der Waals surface area contributed by atoms with Crippen LogP contribution in [0, 0.1) is 0 Å². The van der Waals surface area contributed by atoms with E-state index in [1.807, 2.05) is 0 Å². The maximum atomic E-state index is 12.6. The first-order valence-electron chi connectivity index (χ1n) is 6.54. The van der Waals surface area contributed by atoms with Crippen LogP contribution >= 0.6 is 0 Å². The molecule has 0 radical (unpaired) electrons. The minimum atomic E-state index is -3.95. The van der Waals surface area contributed by atoms with Crippen molar-refractivity contribution in [2.45, 2.75) is 10.1 Å². The molecule has 122 valence electrons. The van der Waals surface area contributed by atoms with Crippen LogP contribution in [0.2, 0.25) is 0 Å². The van der Waals surface area contributed by atoms with Crippen LogP contribution in [0.15, 0.2) is 29.2 Å². The average molecular weight is 346 g/mol. The highest BCUT2D eigenvalue weighted by molar-refractivity contribution is 7.95. The van der Waals surface area contributed by atoms with Crippen LogP contribution in [-0.4, -0.2) is 65.4 Å². The third kappa shape index (κ3) is 2.88. The number of sulfonamides is 1. The minimum Gasteiger partial charge on any atom is -0.348 e. The van der Waals surface area contributed by atoms with E-state index in [1.165, 1.54) is 38.2 Å². The standard InChI is InChI=1S/C13H18N2O5S2/c1-14(2)13(16)8-15(3)22(19,20)12-9-21(17,18)11-7-5-4-6-10(11)12/h4-7,12H,8-9H2,1-3H3. The lowest BCUT2D eigenvalue weighted by molar-refractivity contribution is -0.128. The summed E-state index contributed by atoms with van der Waals surface area (Å²) < 4.78 is 50.4. The maximum Gasteiger partial charge on any atom is 0.237 e. The Morgan fingerprint density at radius 3 is 2.41 bits per heavy atom. The van der Waals surface area contributed by atoms with Gasteiger partial charge in [0.05, 0.1) is 17.2 Å². The number of benzene rings is 1. The molecule has 1 aliphatic rings. The smallest absolute Gasteiger partial charge is 0.237 e. The van der Waals surface area contributed by atoms with Gasteiger partial charge >= 0.3 is 0 Å². The largest absolute Gasteiger partial charge is 0.348 e. The summed E-state index contributed by atoms with van der Waals surface area (Å²) in [6.45, 7) is -0.325. The van der Waals surface area contributed by atoms with Crippen LogP contribution < -0.4 is 0 Å². The molecular formula is C13H18N2O5S2. The third-order valence-electron chi connectivity index (χ3n) is 3.62. The third-order valence-corrected chi connectivity index (χ3v) is 7.79. The van der Waals surface area contributed by atoms with Crippen molar-refractivity contribution >= 4 is 25.8 Å². The van der Waals surface area contributed by atoms with Crippen molar-refractivity contribution in [1.82, 2.24) is 9.21 Å². The second-order valence-electron chi connectivity index (χ2n) is 5.40. The van der Waals surface area contributed by atoms with E-state index < -0.39 is 30.9 Å². The van der Waals surface area contributed by atoms with Gasteiger partial charge in [-0.25, -0.2) is 16.8 Å². The summed E-state index contributed by atoms with van der Waals surface area (Å²) in [6, 6.07) is 6.08. The van der Waals surface area contributed by atoms with Gasteiger partial charge in [-0.3, -0.25) is 4.79 Å². The van der Waals surface area contributed by atoms with Crippen molar-refractivity contribution in [2.75, 3.05) is 33.4 Å². The second kappa shape index (κ2) is 5.64. The quantitative estimate of drug-likeness (QED) is 0.757. The zero-order valence-corrected chi connectivity index (χ0v) is 14.2. The van der Waals surface area contributed by atoms with Gasteiger partial charge in [0.25, 0.3) is 0 Å². The van der Waals surface area contributed by atoms with E-state index in [1.54, 1.807) is 12.1 Å². The summed E-state index contributed by atoms with van der Waals surface area (Å²) in [4.78, 5) is 13.0. The number of hydrogen-bond donors (Lipinski definition) is 0. The number of hydrogen-bond acceptors (Lipinski definition) is 5. The van der Waals surface area contributed by atoms with Crippen molar-refractivity contribution < 1.29 is 21.6 Å². The lowest BCUT2D eigenvalue weighted by Crippen LogP contribution is -2.40. The molecule has 22 heavy (non-hydrogen) atoms. The van der Waals surface area contributed by atoms with Crippen molar-refractivity contribution in [3.8, 4) is 0 Å². The molecule has 1 unspecified atom stereocenters. The predicted molar refractivity (Wildman–Crippen MR) is 81.5 cm³/mol. The summed E-state index contributed by atoms with van der Waals surface area (Å²) in [5.41, 5.74) is 0.270. The molecule has 0 saturated heterocycles. The second-order valence-corrected chi connectivity index (χ2v) is 9.62. The fourth-order valence-electron chi connectivity index (χ4n) is 2.29. The molecule has 1 amide bonds. The monoisotopic (exact) mass is 346 g/mol. The predicted octanol–water partition coefficient (Wildman–Crippen LogP) is -0.135. The van der Waals surface area contributed by atoms with Crippen LogP contribution in [-0.2, 0) is 24.7 Å². The Morgan fingerprint density at radius 2 is 1.82 bits per heavy atom. The van der Waals surface area contributed by atoms with E-state index in [4.69, 9.17) is 0 Å². The molecule has 1 heterocycles. The van der Waals surface area contributed by atoms with Gasteiger partial charge in [-0.1, -0.05) is 18.2 Å². The summed E-state index contributed by atoms with van der Waals surface area (Å²) in [7, 11) is -3.23. The Kier molecular flexibility index (Phi) is 4.33. The Bertz CT molecular complexity index is 799. The number of fused-ring (bicyclic) bond motifs is 1.